The van der Waals surface area contributed by atoms with E-state index in [1.54, 1.807) is 19.1 Å². The summed E-state index contributed by atoms with van der Waals surface area (Å²) in [6.45, 7) is 4.36. The lowest BCUT2D eigenvalue weighted by atomic mass is 9.88. The van der Waals surface area contributed by atoms with Crippen LogP contribution in [-0.2, 0) is 10.3 Å². The molecular formula is C12H16FNO2. The zero-order valence-electron chi connectivity index (χ0n) is 9.46. The van der Waals surface area contributed by atoms with E-state index in [1.807, 2.05) is 6.92 Å². The average Bonchev–Trinajstić information content (AvgIpc) is 2.17. The number of carboxylic acid groups (broad SMARTS) is 1. The van der Waals surface area contributed by atoms with Gasteiger partial charge in [0.05, 0.1) is 12.0 Å². The molecule has 1 atom stereocenters. The van der Waals surface area contributed by atoms with Crippen molar-refractivity contribution in [1.29, 1.82) is 0 Å². The van der Waals surface area contributed by atoms with Crippen LogP contribution >= 0.6 is 0 Å². The highest BCUT2D eigenvalue weighted by molar-refractivity contribution is 5.68. The van der Waals surface area contributed by atoms with Crippen molar-refractivity contribution in [3.05, 3.63) is 35.6 Å². The summed E-state index contributed by atoms with van der Waals surface area (Å²) in [6.07, 6.45) is -0.0352. The summed E-state index contributed by atoms with van der Waals surface area (Å²) in [5, 5.41) is 12.0. The van der Waals surface area contributed by atoms with Gasteiger partial charge in [0, 0.05) is 0 Å². The summed E-state index contributed by atoms with van der Waals surface area (Å²) in [4.78, 5) is 10.8. The molecular weight excluding hydrogens is 209 g/mol. The van der Waals surface area contributed by atoms with Crippen LogP contribution in [0, 0.1) is 5.82 Å². The summed E-state index contributed by atoms with van der Waals surface area (Å²) in [5.41, 5.74) is 0.118. The second-order valence-corrected chi connectivity index (χ2v) is 3.94. The highest BCUT2D eigenvalue weighted by Crippen LogP contribution is 2.24. The molecule has 0 saturated heterocycles. The Labute approximate surface area is 94.3 Å². The first-order valence-electron chi connectivity index (χ1n) is 5.21. The second-order valence-electron chi connectivity index (χ2n) is 3.94. The number of carbonyl (C=O) groups is 1. The molecule has 4 heteroatoms. The van der Waals surface area contributed by atoms with Crippen LogP contribution in [0.15, 0.2) is 24.3 Å². The summed E-state index contributed by atoms with van der Waals surface area (Å²) < 4.78 is 12.8. The topological polar surface area (TPSA) is 49.3 Å². The van der Waals surface area contributed by atoms with Gasteiger partial charge in [-0.3, -0.25) is 4.79 Å². The number of carboxylic acids is 1. The van der Waals surface area contributed by atoms with Crippen molar-refractivity contribution in [3.63, 3.8) is 0 Å². The van der Waals surface area contributed by atoms with Gasteiger partial charge in [-0.15, -0.1) is 0 Å². The third-order valence-electron chi connectivity index (χ3n) is 2.55. The Hall–Kier alpha value is -1.42. The number of hydrogen-bond acceptors (Lipinski definition) is 2. The molecule has 1 unspecified atom stereocenters. The summed E-state index contributed by atoms with van der Waals surface area (Å²) in [6, 6.07) is 5.90. The van der Waals surface area contributed by atoms with Gasteiger partial charge in [-0.2, -0.15) is 0 Å². The van der Waals surface area contributed by atoms with Crippen molar-refractivity contribution >= 4 is 5.97 Å². The van der Waals surface area contributed by atoms with Crippen molar-refractivity contribution in [3.8, 4) is 0 Å². The molecule has 0 heterocycles. The van der Waals surface area contributed by atoms with Crippen LogP contribution in [0.1, 0.15) is 25.8 Å². The molecule has 0 fully saturated rings. The standard InChI is InChI=1S/C12H16FNO2/c1-3-14-12(2,8-11(15)16)9-4-6-10(13)7-5-9/h4-7,14H,3,8H2,1-2H3,(H,15,16). The largest absolute Gasteiger partial charge is 0.481 e. The maximum Gasteiger partial charge on any atom is 0.305 e. The minimum atomic E-state index is -0.882. The van der Waals surface area contributed by atoms with E-state index >= 15 is 0 Å². The van der Waals surface area contributed by atoms with Crippen LogP contribution in [-0.4, -0.2) is 17.6 Å². The fourth-order valence-electron chi connectivity index (χ4n) is 1.78. The number of rotatable bonds is 5. The lowest BCUT2D eigenvalue weighted by Gasteiger charge is -2.29. The van der Waals surface area contributed by atoms with Crippen LogP contribution in [0.3, 0.4) is 0 Å². The van der Waals surface area contributed by atoms with Crippen LogP contribution in [0.25, 0.3) is 0 Å². The first-order chi connectivity index (χ1) is 7.48. The Morgan fingerprint density at radius 2 is 2.00 bits per heavy atom. The molecule has 0 aromatic heterocycles. The first-order valence-corrected chi connectivity index (χ1v) is 5.21. The van der Waals surface area contributed by atoms with Gasteiger partial charge >= 0.3 is 5.97 Å². The molecule has 0 aliphatic rings. The maximum atomic E-state index is 12.8. The molecule has 1 aromatic carbocycles. The minimum absolute atomic E-state index is 0.0352. The second kappa shape index (κ2) is 5.07. The Balaban J connectivity index is 3.00. The predicted octanol–water partition coefficient (Wildman–Crippen LogP) is 2.13. The Bertz CT molecular complexity index is 364. The molecule has 0 bridgehead atoms. The zero-order valence-corrected chi connectivity index (χ0v) is 9.46. The van der Waals surface area contributed by atoms with Gasteiger partial charge in [0.25, 0.3) is 0 Å². The van der Waals surface area contributed by atoms with Crippen LogP contribution in [0.4, 0.5) is 4.39 Å². The molecule has 0 saturated carbocycles. The van der Waals surface area contributed by atoms with Gasteiger partial charge in [-0.25, -0.2) is 4.39 Å². The van der Waals surface area contributed by atoms with Gasteiger partial charge in [-0.1, -0.05) is 19.1 Å². The average molecular weight is 225 g/mol. The number of benzene rings is 1. The van der Waals surface area contributed by atoms with E-state index in [1.165, 1.54) is 12.1 Å². The number of nitrogens with one attached hydrogen (secondary N) is 1. The normalized spacial score (nSPS) is 14.4. The Morgan fingerprint density at radius 3 is 2.44 bits per heavy atom. The van der Waals surface area contributed by atoms with E-state index in [2.05, 4.69) is 5.32 Å². The van der Waals surface area contributed by atoms with Gasteiger partial charge in [0.15, 0.2) is 0 Å². The number of aliphatic carboxylic acids is 1. The third-order valence-corrected chi connectivity index (χ3v) is 2.55. The summed E-state index contributed by atoms with van der Waals surface area (Å²) in [7, 11) is 0. The summed E-state index contributed by atoms with van der Waals surface area (Å²) in [5.74, 6) is -1.20. The van der Waals surface area contributed by atoms with Crippen molar-refractivity contribution in [1.82, 2.24) is 5.32 Å². The van der Waals surface area contributed by atoms with Gasteiger partial charge in [0.2, 0.25) is 0 Å². The molecule has 1 aromatic rings. The predicted molar refractivity (Wildman–Crippen MR) is 59.7 cm³/mol. The van der Waals surface area contributed by atoms with Crippen molar-refractivity contribution in [2.75, 3.05) is 6.54 Å². The lowest BCUT2D eigenvalue weighted by molar-refractivity contribution is -0.138. The SMILES string of the molecule is CCNC(C)(CC(=O)O)c1ccc(F)cc1. The van der Waals surface area contributed by atoms with Gasteiger partial charge < -0.3 is 10.4 Å². The Morgan fingerprint density at radius 1 is 1.44 bits per heavy atom. The van der Waals surface area contributed by atoms with E-state index in [0.29, 0.717) is 6.54 Å². The maximum absolute atomic E-state index is 12.8. The van der Waals surface area contributed by atoms with Crippen LogP contribution in [0.2, 0.25) is 0 Å². The highest BCUT2D eigenvalue weighted by atomic mass is 19.1. The van der Waals surface area contributed by atoms with Gasteiger partial charge in [-0.05, 0) is 31.2 Å². The zero-order chi connectivity index (χ0) is 12.2. The van der Waals surface area contributed by atoms with Crippen LogP contribution < -0.4 is 5.32 Å². The molecule has 0 aliphatic carbocycles. The molecule has 16 heavy (non-hydrogen) atoms. The fourth-order valence-corrected chi connectivity index (χ4v) is 1.78. The smallest absolute Gasteiger partial charge is 0.305 e. The minimum Gasteiger partial charge on any atom is -0.481 e. The lowest BCUT2D eigenvalue weighted by Crippen LogP contribution is -2.41. The van der Waals surface area contributed by atoms with E-state index in [0.717, 1.165) is 5.56 Å². The van der Waals surface area contributed by atoms with E-state index in [-0.39, 0.29) is 12.2 Å². The third kappa shape index (κ3) is 3.03. The number of hydrogen-bond donors (Lipinski definition) is 2. The summed E-state index contributed by atoms with van der Waals surface area (Å²) >= 11 is 0. The molecule has 1 rings (SSSR count). The Kier molecular flexibility index (Phi) is 4.01. The number of halogens is 1. The van der Waals surface area contributed by atoms with Crippen molar-refractivity contribution < 1.29 is 14.3 Å². The fraction of sp³-hybridized carbons (Fsp3) is 0.417. The quantitative estimate of drug-likeness (QED) is 0.807. The van der Waals surface area contributed by atoms with E-state index in [4.69, 9.17) is 5.11 Å². The first kappa shape index (κ1) is 12.6. The van der Waals surface area contributed by atoms with Crippen molar-refractivity contribution in [2.45, 2.75) is 25.8 Å². The van der Waals surface area contributed by atoms with Crippen LogP contribution in [0.5, 0.6) is 0 Å². The monoisotopic (exact) mass is 225 g/mol. The molecule has 3 nitrogen and oxygen atoms in total. The molecule has 2 N–H and O–H groups in total. The molecule has 0 amide bonds. The molecule has 88 valence electrons. The van der Waals surface area contributed by atoms with Crippen molar-refractivity contribution in [2.24, 2.45) is 0 Å². The van der Waals surface area contributed by atoms with E-state index < -0.39 is 11.5 Å². The highest BCUT2D eigenvalue weighted by Gasteiger charge is 2.28. The van der Waals surface area contributed by atoms with E-state index in [9.17, 15) is 9.18 Å². The van der Waals surface area contributed by atoms with Gasteiger partial charge in [0.1, 0.15) is 5.82 Å². The molecule has 0 radical (unpaired) electrons. The molecule has 0 aliphatic heterocycles. The molecule has 0 spiro atoms.